The molecule has 0 bridgehead atoms. The Hall–Kier alpha value is -0.910. The highest BCUT2D eigenvalue weighted by Crippen LogP contribution is 2.22. The van der Waals surface area contributed by atoms with Crippen molar-refractivity contribution < 1.29 is 22.6 Å². The van der Waals surface area contributed by atoms with Crippen LogP contribution in [-0.2, 0) is 0 Å². The fraction of sp³-hybridized carbons (Fsp3) is 0.400. The van der Waals surface area contributed by atoms with Gasteiger partial charge < -0.3 is 9.47 Å². The van der Waals surface area contributed by atoms with Crippen molar-refractivity contribution in [2.75, 3.05) is 6.61 Å². The lowest BCUT2D eigenvalue weighted by atomic mass is 10.3. The average molecular weight is 299 g/mol. The second kappa shape index (κ2) is 5.43. The van der Waals surface area contributed by atoms with E-state index < -0.39 is 12.8 Å². The van der Waals surface area contributed by atoms with Gasteiger partial charge >= 0.3 is 6.18 Å². The smallest absolute Gasteiger partial charge is 0.422 e. The van der Waals surface area contributed by atoms with Crippen molar-refractivity contribution in [3.8, 4) is 11.5 Å². The highest BCUT2D eigenvalue weighted by atomic mass is 79.9. The van der Waals surface area contributed by atoms with Gasteiger partial charge in [-0.15, -0.1) is 0 Å². The van der Waals surface area contributed by atoms with E-state index >= 15 is 0 Å². The summed E-state index contributed by atoms with van der Waals surface area (Å²) in [5.41, 5.74) is 0. The highest BCUT2D eigenvalue weighted by Gasteiger charge is 2.28. The molecule has 0 saturated heterocycles. The largest absolute Gasteiger partial charge is 0.484 e. The Labute approximate surface area is 99.5 Å². The summed E-state index contributed by atoms with van der Waals surface area (Å²) in [7, 11) is 0. The molecule has 1 atom stereocenters. The molecule has 0 aromatic heterocycles. The van der Waals surface area contributed by atoms with Gasteiger partial charge in [0.2, 0.25) is 0 Å². The molecule has 0 aliphatic carbocycles. The molecule has 1 aromatic carbocycles. The molecule has 0 saturated carbocycles. The van der Waals surface area contributed by atoms with Crippen molar-refractivity contribution in [3.05, 3.63) is 24.3 Å². The van der Waals surface area contributed by atoms with Crippen LogP contribution in [0.3, 0.4) is 0 Å². The van der Waals surface area contributed by atoms with Crippen molar-refractivity contribution in [2.45, 2.75) is 18.1 Å². The average Bonchev–Trinajstić information content (AvgIpc) is 2.14. The Morgan fingerprint density at radius 3 is 2.12 bits per heavy atom. The summed E-state index contributed by atoms with van der Waals surface area (Å²) in [4.78, 5) is 0. The first kappa shape index (κ1) is 13.2. The van der Waals surface area contributed by atoms with Crippen LogP contribution in [0.1, 0.15) is 6.92 Å². The van der Waals surface area contributed by atoms with E-state index in [4.69, 9.17) is 4.74 Å². The summed E-state index contributed by atoms with van der Waals surface area (Å²) in [6, 6.07) is 5.94. The summed E-state index contributed by atoms with van der Waals surface area (Å²) in [5.74, 6) is 0.718. The summed E-state index contributed by atoms with van der Waals surface area (Å²) in [5, 5.41) is -0.158. The molecule has 0 aliphatic heterocycles. The van der Waals surface area contributed by atoms with E-state index in [1.807, 2.05) is 0 Å². The normalized spacial score (nSPS) is 13.3. The Balaban J connectivity index is 2.51. The molecule has 0 fully saturated rings. The number of ether oxygens (including phenoxy) is 2. The van der Waals surface area contributed by atoms with Gasteiger partial charge in [0, 0.05) is 0 Å². The first-order valence-electron chi connectivity index (χ1n) is 4.47. The first-order chi connectivity index (χ1) is 7.37. The van der Waals surface area contributed by atoms with Crippen LogP contribution in [-0.4, -0.2) is 17.8 Å². The maximum atomic E-state index is 11.8. The highest BCUT2D eigenvalue weighted by molar-refractivity contribution is 9.09. The lowest BCUT2D eigenvalue weighted by Gasteiger charge is -2.11. The van der Waals surface area contributed by atoms with Gasteiger partial charge in [0.1, 0.15) is 11.5 Å². The van der Waals surface area contributed by atoms with E-state index in [1.165, 1.54) is 12.1 Å². The van der Waals surface area contributed by atoms with Crippen LogP contribution in [0.5, 0.6) is 11.5 Å². The third kappa shape index (κ3) is 5.25. The van der Waals surface area contributed by atoms with Crippen LogP contribution in [0.25, 0.3) is 0 Å². The lowest BCUT2D eigenvalue weighted by Crippen LogP contribution is -2.19. The van der Waals surface area contributed by atoms with Gasteiger partial charge in [0.25, 0.3) is 0 Å². The number of rotatable bonds is 4. The standard InChI is InChI=1S/C10H10BrF3O2/c1-7(11)16-9-4-2-8(3-5-9)15-6-10(12,13)14/h2-5,7H,6H2,1H3. The molecule has 6 heteroatoms. The van der Waals surface area contributed by atoms with E-state index in [-0.39, 0.29) is 10.8 Å². The second-order valence-corrected chi connectivity index (χ2v) is 4.33. The summed E-state index contributed by atoms with van der Waals surface area (Å²) in [6.45, 7) is 0.496. The van der Waals surface area contributed by atoms with Gasteiger partial charge in [-0.25, -0.2) is 0 Å². The van der Waals surface area contributed by atoms with Crippen molar-refractivity contribution in [1.29, 1.82) is 0 Å². The molecule has 1 unspecified atom stereocenters. The minimum atomic E-state index is -4.32. The monoisotopic (exact) mass is 298 g/mol. The molecular weight excluding hydrogens is 289 g/mol. The van der Waals surface area contributed by atoms with Gasteiger partial charge in [-0.2, -0.15) is 13.2 Å². The molecule has 0 aliphatic rings. The van der Waals surface area contributed by atoms with Crippen LogP contribution < -0.4 is 9.47 Å². The SMILES string of the molecule is CC(Br)Oc1ccc(OCC(F)(F)F)cc1. The Bertz CT molecular complexity index is 322. The number of hydrogen-bond acceptors (Lipinski definition) is 2. The molecular formula is C10H10BrF3O2. The van der Waals surface area contributed by atoms with Crippen LogP contribution >= 0.6 is 15.9 Å². The quantitative estimate of drug-likeness (QED) is 0.788. The molecule has 0 heterocycles. The van der Waals surface area contributed by atoms with Gasteiger partial charge in [0.05, 0.1) is 0 Å². The number of halogens is 4. The molecule has 16 heavy (non-hydrogen) atoms. The fourth-order valence-electron chi connectivity index (χ4n) is 0.967. The number of benzene rings is 1. The Morgan fingerprint density at radius 2 is 1.69 bits per heavy atom. The predicted octanol–water partition coefficient (Wildman–Crippen LogP) is 3.75. The molecule has 90 valence electrons. The molecule has 0 amide bonds. The molecule has 0 spiro atoms. The molecule has 0 radical (unpaired) electrons. The number of alkyl halides is 4. The van der Waals surface area contributed by atoms with Crippen molar-refractivity contribution in [2.24, 2.45) is 0 Å². The van der Waals surface area contributed by atoms with Crippen LogP contribution in [0.2, 0.25) is 0 Å². The van der Waals surface area contributed by atoms with Gasteiger partial charge in [-0.3, -0.25) is 0 Å². The van der Waals surface area contributed by atoms with E-state index in [9.17, 15) is 13.2 Å². The van der Waals surface area contributed by atoms with E-state index in [2.05, 4.69) is 20.7 Å². The zero-order valence-electron chi connectivity index (χ0n) is 8.42. The first-order valence-corrected chi connectivity index (χ1v) is 5.39. The van der Waals surface area contributed by atoms with Gasteiger partial charge in [-0.1, -0.05) is 0 Å². The topological polar surface area (TPSA) is 18.5 Å². The summed E-state index contributed by atoms with van der Waals surface area (Å²) in [6.07, 6.45) is -4.32. The molecule has 0 N–H and O–H groups in total. The van der Waals surface area contributed by atoms with Gasteiger partial charge in [0.15, 0.2) is 11.6 Å². The maximum Gasteiger partial charge on any atom is 0.422 e. The van der Waals surface area contributed by atoms with Crippen molar-refractivity contribution >= 4 is 15.9 Å². The summed E-state index contributed by atoms with van der Waals surface area (Å²) < 4.78 is 45.3. The Kier molecular flexibility index (Phi) is 4.46. The van der Waals surface area contributed by atoms with Gasteiger partial charge in [-0.05, 0) is 47.1 Å². The lowest BCUT2D eigenvalue weighted by molar-refractivity contribution is -0.153. The molecule has 2 nitrogen and oxygen atoms in total. The van der Waals surface area contributed by atoms with E-state index in [1.54, 1.807) is 19.1 Å². The van der Waals surface area contributed by atoms with Crippen LogP contribution in [0.15, 0.2) is 24.3 Å². The van der Waals surface area contributed by atoms with Crippen molar-refractivity contribution in [1.82, 2.24) is 0 Å². The fourth-order valence-corrected chi connectivity index (χ4v) is 1.18. The van der Waals surface area contributed by atoms with E-state index in [0.29, 0.717) is 5.75 Å². The minimum absolute atomic E-state index is 0.158. The maximum absolute atomic E-state index is 11.8. The minimum Gasteiger partial charge on any atom is -0.484 e. The zero-order chi connectivity index (χ0) is 12.2. The molecule has 1 rings (SSSR count). The number of hydrogen-bond donors (Lipinski definition) is 0. The second-order valence-electron chi connectivity index (χ2n) is 3.04. The van der Waals surface area contributed by atoms with E-state index in [0.717, 1.165) is 0 Å². The molecule has 1 aromatic rings. The third-order valence-corrected chi connectivity index (χ3v) is 1.71. The zero-order valence-corrected chi connectivity index (χ0v) is 10.0. The van der Waals surface area contributed by atoms with Crippen LogP contribution in [0.4, 0.5) is 13.2 Å². The van der Waals surface area contributed by atoms with Crippen LogP contribution in [0, 0.1) is 0 Å². The Morgan fingerprint density at radius 1 is 1.19 bits per heavy atom. The summed E-state index contributed by atoms with van der Waals surface area (Å²) >= 11 is 3.18. The predicted molar refractivity (Wildman–Crippen MR) is 57.0 cm³/mol. The van der Waals surface area contributed by atoms with Crippen molar-refractivity contribution in [3.63, 3.8) is 0 Å². The third-order valence-electron chi connectivity index (χ3n) is 1.52.